The van der Waals surface area contributed by atoms with Gasteiger partial charge in [0.1, 0.15) is 0 Å². The molecule has 0 bridgehead atoms. The van der Waals surface area contributed by atoms with Gasteiger partial charge in [0.2, 0.25) is 5.91 Å². The first-order valence-electron chi connectivity index (χ1n) is 7.07. The van der Waals surface area contributed by atoms with Crippen molar-refractivity contribution in [1.29, 1.82) is 0 Å². The first-order chi connectivity index (χ1) is 8.77. The summed E-state index contributed by atoms with van der Waals surface area (Å²) in [6.07, 6.45) is 10.7. The van der Waals surface area contributed by atoms with Crippen LogP contribution in [0.5, 0.6) is 0 Å². The van der Waals surface area contributed by atoms with E-state index in [1.54, 1.807) is 6.08 Å². The number of piperidine rings is 1. The fraction of sp³-hybridized carbons (Fsp3) is 0.667. The Morgan fingerprint density at radius 1 is 1.33 bits per heavy atom. The number of rotatable bonds is 6. The molecular weight excluding hydrogens is 224 g/mol. The first-order valence-corrected chi connectivity index (χ1v) is 7.07. The molecule has 0 aliphatic carbocycles. The average molecular weight is 250 g/mol. The van der Waals surface area contributed by atoms with Crippen molar-refractivity contribution in [1.82, 2.24) is 10.2 Å². The highest BCUT2D eigenvalue weighted by atomic mass is 16.2. The minimum Gasteiger partial charge on any atom is -0.339 e. The van der Waals surface area contributed by atoms with Crippen LogP contribution >= 0.6 is 0 Å². The van der Waals surface area contributed by atoms with Gasteiger partial charge < -0.3 is 10.2 Å². The highest BCUT2D eigenvalue weighted by Crippen LogP contribution is 2.14. The van der Waals surface area contributed by atoms with Gasteiger partial charge in [0.15, 0.2) is 0 Å². The largest absolute Gasteiger partial charge is 0.339 e. The maximum atomic E-state index is 12.1. The smallest absolute Gasteiger partial charge is 0.246 e. The molecule has 0 aromatic heterocycles. The van der Waals surface area contributed by atoms with Crippen LogP contribution in [0.15, 0.2) is 24.3 Å². The lowest BCUT2D eigenvalue weighted by Crippen LogP contribution is -2.39. The molecule has 0 unspecified atom stereocenters. The third kappa shape index (κ3) is 5.50. The Bertz CT molecular complexity index is 291. The molecule has 1 saturated heterocycles. The number of hydrogen-bond acceptors (Lipinski definition) is 2. The van der Waals surface area contributed by atoms with Crippen molar-refractivity contribution in [3.05, 3.63) is 24.3 Å². The van der Waals surface area contributed by atoms with Crippen molar-refractivity contribution in [2.45, 2.75) is 33.1 Å². The van der Waals surface area contributed by atoms with Crippen LogP contribution in [-0.4, -0.2) is 37.0 Å². The molecule has 1 aliphatic heterocycles. The highest BCUT2D eigenvalue weighted by molar-refractivity contribution is 5.87. The quantitative estimate of drug-likeness (QED) is 0.580. The molecule has 1 rings (SSSR count). The van der Waals surface area contributed by atoms with E-state index in [9.17, 15) is 4.79 Å². The number of amides is 1. The molecule has 3 nitrogen and oxygen atoms in total. The van der Waals surface area contributed by atoms with Crippen LogP contribution in [0.4, 0.5) is 0 Å². The zero-order valence-electron chi connectivity index (χ0n) is 11.7. The van der Waals surface area contributed by atoms with Crippen LogP contribution in [0, 0.1) is 5.92 Å². The van der Waals surface area contributed by atoms with Crippen LogP contribution < -0.4 is 5.32 Å². The van der Waals surface area contributed by atoms with Crippen LogP contribution in [0.25, 0.3) is 0 Å². The Morgan fingerprint density at radius 3 is 2.67 bits per heavy atom. The second-order valence-corrected chi connectivity index (χ2v) is 4.86. The van der Waals surface area contributed by atoms with Gasteiger partial charge in [0, 0.05) is 19.2 Å². The predicted molar refractivity (Wildman–Crippen MR) is 76.4 cm³/mol. The first kappa shape index (κ1) is 15.0. The average Bonchev–Trinajstić information content (AvgIpc) is 2.39. The molecule has 18 heavy (non-hydrogen) atoms. The Labute approximate surface area is 111 Å². The molecule has 1 aliphatic rings. The maximum Gasteiger partial charge on any atom is 0.246 e. The van der Waals surface area contributed by atoms with Crippen molar-refractivity contribution in [3.8, 4) is 0 Å². The molecule has 1 fully saturated rings. The summed E-state index contributed by atoms with van der Waals surface area (Å²) >= 11 is 0. The number of carbonyl (C=O) groups excluding carboxylic acids is 1. The third-order valence-electron chi connectivity index (χ3n) is 3.28. The van der Waals surface area contributed by atoms with E-state index in [1.807, 2.05) is 30.1 Å². The van der Waals surface area contributed by atoms with E-state index in [2.05, 4.69) is 12.2 Å². The molecule has 0 saturated carbocycles. The van der Waals surface area contributed by atoms with E-state index >= 15 is 0 Å². The number of allylic oxidation sites excluding steroid dienone is 3. The molecule has 3 heteroatoms. The molecule has 102 valence electrons. The van der Waals surface area contributed by atoms with E-state index < -0.39 is 0 Å². The van der Waals surface area contributed by atoms with E-state index in [0.717, 1.165) is 32.6 Å². The molecule has 1 N–H and O–H groups in total. The molecular formula is C15H26N2O. The summed E-state index contributed by atoms with van der Waals surface area (Å²) < 4.78 is 0. The van der Waals surface area contributed by atoms with Crippen LogP contribution in [0.3, 0.4) is 0 Å². The number of nitrogens with zero attached hydrogens (tertiary/aromatic N) is 1. The summed E-state index contributed by atoms with van der Waals surface area (Å²) in [6, 6.07) is 0. The monoisotopic (exact) mass is 250 g/mol. The van der Waals surface area contributed by atoms with Gasteiger partial charge in [-0.15, -0.1) is 0 Å². The molecule has 0 aromatic carbocycles. The number of nitrogens with one attached hydrogen (secondary N) is 1. The highest BCUT2D eigenvalue weighted by Gasteiger charge is 2.18. The topological polar surface area (TPSA) is 32.3 Å². The fourth-order valence-corrected chi connectivity index (χ4v) is 2.29. The van der Waals surface area contributed by atoms with Crippen molar-refractivity contribution in [2.75, 3.05) is 26.2 Å². The van der Waals surface area contributed by atoms with E-state index in [0.29, 0.717) is 5.92 Å². The van der Waals surface area contributed by atoms with Crippen LogP contribution in [0.2, 0.25) is 0 Å². The van der Waals surface area contributed by atoms with E-state index in [4.69, 9.17) is 0 Å². The molecule has 1 heterocycles. The zero-order valence-corrected chi connectivity index (χ0v) is 11.7. The molecule has 0 atom stereocenters. The minimum atomic E-state index is 0.147. The lowest BCUT2D eigenvalue weighted by atomic mass is 9.97. The second kappa shape index (κ2) is 8.92. The summed E-state index contributed by atoms with van der Waals surface area (Å²) in [5, 5.41) is 3.36. The minimum absolute atomic E-state index is 0.147. The van der Waals surface area contributed by atoms with Gasteiger partial charge in [-0.3, -0.25) is 4.79 Å². The van der Waals surface area contributed by atoms with Crippen molar-refractivity contribution < 1.29 is 4.79 Å². The van der Waals surface area contributed by atoms with Gasteiger partial charge in [-0.2, -0.15) is 0 Å². The van der Waals surface area contributed by atoms with E-state index in [-0.39, 0.29) is 5.91 Å². The zero-order chi connectivity index (χ0) is 13.2. The Balaban J connectivity index is 2.49. The van der Waals surface area contributed by atoms with Crippen molar-refractivity contribution in [3.63, 3.8) is 0 Å². The number of hydrogen-bond donors (Lipinski definition) is 1. The van der Waals surface area contributed by atoms with Gasteiger partial charge in [-0.1, -0.05) is 25.2 Å². The summed E-state index contributed by atoms with van der Waals surface area (Å²) in [5.74, 6) is 0.811. The fourth-order valence-electron chi connectivity index (χ4n) is 2.29. The number of carbonyl (C=O) groups is 1. The lowest BCUT2D eigenvalue weighted by molar-refractivity contribution is -0.126. The van der Waals surface area contributed by atoms with Gasteiger partial charge in [-0.25, -0.2) is 0 Å². The van der Waals surface area contributed by atoms with Gasteiger partial charge in [-0.05, 0) is 45.2 Å². The summed E-state index contributed by atoms with van der Waals surface area (Å²) in [7, 11) is 0. The van der Waals surface area contributed by atoms with Gasteiger partial charge >= 0.3 is 0 Å². The normalized spacial score (nSPS) is 17.7. The van der Waals surface area contributed by atoms with E-state index in [1.165, 1.54) is 12.8 Å². The Hall–Kier alpha value is -1.09. The van der Waals surface area contributed by atoms with Crippen LogP contribution in [-0.2, 0) is 4.79 Å². The SMILES string of the molecule is CC=CC=CC(=O)N(CCC)CC1CCNCC1. The Morgan fingerprint density at radius 2 is 2.06 bits per heavy atom. The molecule has 0 spiro atoms. The molecule has 0 radical (unpaired) electrons. The van der Waals surface area contributed by atoms with Crippen molar-refractivity contribution in [2.24, 2.45) is 5.92 Å². The van der Waals surface area contributed by atoms with Gasteiger partial charge in [0.05, 0.1) is 0 Å². The third-order valence-corrected chi connectivity index (χ3v) is 3.28. The predicted octanol–water partition coefficient (Wildman–Crippen LogP) is 2.36. The van der Waals surface area contributed by atoms with Crippen LogP contribution in [0.1, 0.15) is 33.1 Å². The second-order valence-electron chi connectivity index (χ2n) is 4.86. The summed E-state index contributed by atoms with van der Waals surface area (Å²) in [4.78, 5) is 14.1. The summed E-state index contributed by atoms with van der Waals surface area (Å²) in [6.45, 7) is 8.03. The standard InChI is InChI=1S/C15H26N2O/c1-3-5-6-7-15(18)17(12-4-2)13-14-8-10-16-11-9-14/h3,5-7,14,16H,4,8-13H2,1-2H3. The summed E-state index contributed by atoms with van der Waals surface area (Å²) in [5.41, 5.74) is 0. The van der Waals surface area contributed by atoms with Crippen molar-refractivity contribution >= 4 is 5.91 Å². The lowest BCUT2D eigenvalue weighted by Gasteiger charge is -2.29. The maximum absolute atomic E-state index is 12.1. The van der Waals surface area contributed by atoms with Gasteiger partial charge in [0.25, 0.3) is 0 Å². The molecule has 0 aromatic rings. The Kier molecular flexibility index (Phi) is 7.42. The molecule has 1 amide bonds.